The fourth-order valence-electron chi connectivity index (χ4n) is 3.72. The van der Waals surface area contributed by atoms with Crippen LogP contribution in [0, 0.1) is 6.92 Å². The predicted molar refractivity (Wildman–Crippen MR) is 125 cm³/mol. The van der Waals surface area contributed by atoms with Crippen LogP contribution in [0.5, 0.6) is 5.75 Å². The van der Waals surface area contributed by atoms with Crippen LogP contribution in [0.15, 0.2) is 78.0 Å². The minimum Gasteiger partial charge on any atom is -0.495 e. The quantitative estimate of drug-likeness (QED) is 0.488. The van der Waals surface area contributed by atoms with Gasteiger partial charge in [-0.05, 0) is 56.7 Å². The zero-order valence-corrected chi connectivity index (χ0v) is 19.6. The van der Waals surface area contributed by atoms with Crippen LogP contribution in [-0.4, -0.2) is 44.0 Å². The molecule has 7 nitrogen and oxygen atoms in total. The van der Waals surface area contributed by atoms with Crippen molar-refractivity contribution >= 4 is 21.6 Å². The number of nitrogens with zero attached hydrogens (tertiary/aromatic N) is 3. The number of sulfonamides is 1. The molecule has 2 aromatic carbocycles. The van der Waals surface area contributed by atoms with E-state index in [0.29, 0.717) is 23.5 Å². The number of aromatic nitrogens is 1. The number of carbonyl (C=O) groups excluding carboxylic acids is 1. The van der Waals surface area contributed by atoms with Crippen LogP contribution in [0.1, 0.15) is 25.6 Å². The summed E-state index contributed by atoms with van der Waals surface area (Å²) in [5.74, 6) is 0.0655. The summed E-state index contributed by atoms with van der Waals surface area (Å²) in [5.41, 5.74) is 0.921. The predicted octanol–water partition coefficient (Wildman–Crippen LogP) is 4.07. The molecule has 3 aromatic rings. The average Bonchev–Trinajstić information content (AvgIpc) is 3.33. The lowest BCUT2D eigenvalue weighted by Crippen LogP contribution is -2.45. The van der Waals surface area contributed by atoms with Gasteiger partial charge in [-0.1, -0.05) is 30.3 Å². The second kappa shape index (κ2) is 9.91. The van der Waals surface area contributed by atoms with Gasteiger partial charge in [0.2, 0.25) is 5.91 Å². The Labute approximate surface area is 189 Å². The third-order valence-corrected chi connectivity index (χ3v) is 7.39. The zero-order valence-electron chi connectivity index (χ0n) is 18.8. The van der Waals surface area contributed by atoms with Crippen molar-refractivity contribution in [3.05, 3.63) is 78.6 Å². The molecule has 0 radical (unpaired) electrons. The highest BCUT2D eigenvalue weighted by molar-refractivity contribution is 7.93. The van der Waals surface area contributed by atoms with E-state index in [4.69, 9.17) is 4.74 Å². The molecule has 0 N–H and O–H groups in total. The molecule has 0 saturated carbocycles. The molecule has 1 aromatic heterocycles. The highest BCUT2D eigenvalue weighted by atomic mass is 32.2. The molecule has 1 heterocycles. The molecule has 0 aliphatic rings. The summed E-state index contributed by atoms with van der Waals surface area (Å²) >= 11 is 0. The minimum absolute atomic E-state index is 0.153. The first-order valence-corrected chi connectivity index (χ1v) is 11.9. The lowest BCUT2D eigenvalue weighted by atomic mass is 10.2. The van der Waals surface area contributed by atoms with Crippen LogP contribution in [0.4, 0.5) is 5.69 Å². The standard InChI is InChI=1S/C24H29N3O4S/c1-5-26(20(3)25-16-10-11-17-25)24(28)18-27(21-13-7-8-14-22(21)31-4)32(29,30)23-15-9-6-12-19(23)2/h6-17,20H,5,18H2,1-4H3. The Morgan fingerprint density at radius 2 is 1.66 bits per heavy atom. The molecule has 0 saturated heterocycles. The summed E-state index contributed by atoms with van der Waals surface area (Å²) in [4.78, 5) is 15.2. The third-order valence-electron chi connectivity index (χ3n) is 5.47. The van der Waals surface area contributed by atoms with E-state index >= 15 is 0 Å². The van der Waals surface area contributed by atoms with Crippen LogP contribution in [0.2, 0.25) is 0 Å². The lowest BCUT2D eigenvalue weighted by molar-refractivity contribution is -0.133. The fraction of sp³-hybridized carbons (Fsp3) is 0.292. The van der Waals surface area contributed by atoms with Crippen LogP contribution in [0.3, 0.4) is 0 Å². The van der Waals surface area contributed by atoms with E-state index in [1.165, 1.54) is 7.11 Å². The van der Waals surface area contributed by atoms with Gasteiger partial charge in [-0.3, -0.25) is 9.10 Å². The number of para-hydroxylation sites is 2. The Balaban J connectivity index is 2.05. The maximum Gasteiger partial charge on any atom is 0.265 e. The van der Waals surface area contributed by atoms with Gasteiger partial charge in [0.05, 0.1) is 17.7 Å². The van der Waals surface area contributed by atoms with Crippen LogP contribution in [-0.2, 0) is 14.8 Å². The van der Waals surface area contributed by atoms with E-state index in [2.05, 4.69) is 0 Å². The third kappa shape index (κ3) is 4.65. The van der Waals surface area contributed by atoms with E-state index in [-0.39, 0.29) is 23.5 Å². The molecule has 0 spiro atoms. The molecule has 1 atom stereocenters. The Kier molecular flexibility index (Phi) is 7.25. The maximum absolute atomic E-state index is 13.8. The second-order valence-corrected chi connectivity index (χ2v) is 9.22. The summed E-state index contributed by atoms with van der Waals surface area (Å²) in [6, 6.07) is 17.3. The van der Waals surface area contributed by atoms with E-state index in [0.717, 1.165) is 4.31 Å². The highest BCUT2D eigenvalue weighted by Crippen LogP contribution is 2.33. The summed E-state index contributed by atoms with van der Waals surface area (Å²) in [5, 5.41) is 0. The van der Waals surface area contributed by atoms with Gasteiger partial charge in [-0.25, -0.2) is 8.42 Å². The molecule has 0 aliphatic heterocycles. The van der Waals surface area contributed by atoms with Crippen molar-refractivity contribution in [2.45, 2.75) is 31.8 Å². The molecule has 3 rings (SSSR count). The number of anilines is 1. The number of ether oxygens (including phenoxy) is 1. The number of carbonyl (C=O) groups is 1. The molecular weight excluding hydrogens is 426 g/mol. The van der Waals surface area contributed by atoms with E-state index in [1.807, 2.05) is 42.9 Å². The minimum atomic E-state index is -4.03. The Morgan fingerprint density at radius 1 is 1.03 bits per heavy atom. The Morgan fingerprint density at radius 3 is 2.28 bits per heavy atom. The number of aryl methyl sites for hydroxylation is 1. The van der Waals surface area contributed by atoms with Gasteiger partial charge in [0, 0.05) is 18.9 Å². The van der Waals surface area contributed by atoms with Gasteiger partial charge in [0.1, 0.15) is 18.5 Å². The summed E-state index contributed by atoms with van der Waals surface area (Å²) < 4.78 is 36.0. The number of likely N-dealkylation sites (N-methyl/N-ethyl adjacent to an activating group) is 1. The van der Waals surface area contributed by atoms with Crippen LogP contribution < -0.4 is 9.04 Å². The number of methoxy groups -OCH3 is 1. The average molecular weight is 456 g/mol. The van der Waals surface area contributed by atoms with Crippen molar-refractivity contribution in [3.63, 3.8) is 0 Å². The smallest absolute Gasteiger partial charge is 0.265 e. The molecule has 1 unspecified atom stereocenters. The van der Waals surface area contributed by atoms with Crippen molar-refractivity contribution < 1.29 is 17.9 Å². The molecule has 0 aliphatic carbocycles. The Bertz CT molecular complexity index is 1160. The number of hydrogen-bond acceptors (Lipinski definition) is 4. The number of hydrogen-bond donors (Lipinski definition) is 0. The van der Waals surface area contributed by atoms with Crippen molar-refractivity contribution in [2.75, 3.05) is 24.5 Å². The largest absolute Gasteiger partial charge is 0.495 e. The number of amides is 1. The maximum atomic E-state index is 13.8. The normalized spacial score (nSPS) is 12.2. The summed E-state index contributed by atoms with van der Waals surface area (Å²) in [6.45, 7) is 5.60. The monoisotopic (exact) mass is 455 g/mol. The summed E-state index contributed by atoms with van der Waals surface area (Å²) in [6.07, 6.45) is 3.49. The SMILES string of the molecule is CCN(C(=O)CN(c1ccccc1OC)S(=O)(=O)c1ccccc1C)C(C)n1cccc1. The molecule has 0 bridgehead atoms. The topological polar surface area (TPSA) is 71.8 Å². The summed E-state index contributed by atoms with van der Waals surface area (Å²) in [7, 11) is -2.56. The zero-order chi connectivity index (χ0) is 23.3. The lowest BCUT2D eigenvalue weighted by Gasteiger charge is -2.32. The number of rotatable bonds is 9. The van der Waals surface area contributed by atoms with Gasteiger partial charge in [0.15, 0.2) is 0 Å². The molecule has 0 fully saturated rings. The van der Waals surface area contributed by atoms with E-state index in [9.17, 15) is 13.2 Å². The van der Waals surface area contributed by atoms with Crippen LogP contribution in [0.25, 0.3) is 0 Å². The number of benzene rings is 2. The van der Waals surface area contributed by atoms with Crippen LogP contribution >= 0.6 is 0 Å². The van der Waals surface area contributed by atoms with Crippen molar-refractivity contribution in [3.8, 4) is 5.75 Å². The molecule has 32 heavy (non-hydrogen) atoms. The van der Waals surface area contributed by atoms with Crippen molar-refractivity contribution in [2.24, 2.45) is 0 Å². The van der Waals surface area contributed by atoms with Gasteiger partial charge in [0.25, 0.3) is 10.0 Å². The molecule has 8 heteroatoms. The van der Waals surface area contributed by atoms with Gasteiger partial charge in [-0.15, -0.1) is 0 Å². The first-order chi connectivity index (χ1) is 15.3. The van der Waals surface area contributed by atoms with Gasteiger partial charge >= 0.3 is 0 Å². The molecule has 170 valence electrons. The van der Waals surface area contributed by atoms with Crippen molar-refractivity contribution in [1.82, 2.24) is 9.47 Å². The van der Waals surface area contributed by atoms with Gasteiger partial charge in [-0.2, -0.15) is 0 Å². The van der Waals surface area contributed by atoms with E-state index in [1.54, 1.807) is 60.4 Å². The van der Waals surface area contributed by atoms with Gasteiger partial charge < -0.3 is 14.2 Å². The van der Waals surface area contributed by atoms with Crippen molar-refractivity contribution in [1.29, 1.82) is 0 Å². The van der Waals surface area contributed by atoms with E-state index < -0.39 is 10.0 Å². The first-order valence-electron chi connectivity index (χ1n) is 10.4. The molecule has 1 amide bonds. The Hall–Kier alpha value is -3.26. The fourth-order valence-corrected chi connectivity index (χ4v) is 5.37. The second-order valence-electron chi connectivity index (χ2n) is 7.39. The molecular formula is C24H29N3O4S. The first kappa shape index (κ1) is 23.4. The highest BCUT2D eigenvalue weighted by Gasteiger charge is 2.32.